The van der Waals surface area contributed by atoms with E-state index in [-0.39, 0.29) is 6.04 Å². The maximum absolute atomic E-state index is 5.13. The number of aliphatic imine (C=N–C) groups is 1. The number of pyridine rings is 1. The number of fused-ring (bicyclic) bond motifs is 3. The first-order valence-corrected chi connectivity index (χ1v) is 13.5. The average molecular weight is 492 g/mol. The van der Waals surface area contributed by atoms with E-state index >= 15 is 0 Å². The number of hydrogen-bond donors (Lipinski definition) is 1. The lowest BCUT2D eigenvalue weighted by molar-refractivity contribution is 0.761. The number of amidine groups is 1. The Labute approximate surface area is 223 Å². The molecule has 3 aliphatic rings. The average Bonchev–Trinajstić information content (AvgIpc) is 3.01. The molecule has 3 aromatic carbocycles. The third kappa shape index (κ3) is 4.31. The monoisotopic (exact) mass is 491 g/mol. The highest BCUT2D eigenvalue weighted by atomic mass is 15.0. The topological polar surface area (TPSA) is 37.3 Å². The summed E-state index contributed by atoms with van der Waals surface area (Å²) in [6.45, 7) is 0. The highest BCUT2D eigenvalue weighted by Gasteiger charge is 2.21. The number of hydrogen-bond acceptors (Lipinski definition) is 3. The molecule has 0 spiro atoms. The van der Waals surface area contributed by atoms with Gasteiger partial charge in [-0.1, -0.05) is 103 Å². The van der Waals surface area contributed by atoms with E-state index in [4.69, 9.17) is 9.98 Å². The number of nitrogens with zero attached hydrogens (tertiary/aromatic N) is 2. The van der Waals surface area contributed by atoms with E-state index in [1.54, 1.807) is 0 Å². The first-order chi connectivity index (χ1) is 18.8. The van der Waals surface area contributed by atoms with Gasteiger partial charge in [0, 0.05) is 16.5 Å². The highest BCUT2D eigenvalue weighted by Crippen LogP contribution is 2.32. The number of benzene rings is 3. The lowest BCUT2D eigenvalue weighted by Gasteiger charge is -2.25. The largest absolute Gasteiger partial charge is 0.359 e. The smallest absolute Gasteiger partial charge is 0.134 e. The van der Waals surface area contributed by atoms with Crippen LogP contribution < -0.4 is 5.32 Å². The molecule has 1 atom stereocenters. The summed E-state index contributed by atoms with van der Waals surface area (Å²) in [7, 11) is 0. The Morgan fingerprint density at radius 2 is 1.61 bits per heavy atom. The fourth-order valence-electron chi connectivity index (χ4n) is 5.60. The van der Waals surface area contributed by atoms with Crippen molar-refractivity contribution in [1.82, 2.24) is 10.3 Å². The molecule has 1 aliphatic heterocycles. The van der Waals surface area contributed by atoms with E-state index < -0.39 is 0 Å². The number of rotatable bonds is 4. The van der Waals surface area contributed by atoms with Crippen LogP contribution in [0.1, 0.15) is 47.6 Å². The number of allylic oxidation sites excluding steroid dienone is 5. The van der Waals surface area contributed by atoms with Crippen molar-refractivity contribution in [3.05, 3.63) is 143 Å². The van der Waals surface area contributed by atoms with E-state index in [9.17, 15) is 0 Å². The van der Waals surface area contributed by atoms with Gasteiger partial charge in [0.05, 0.1) is 22.9 Å². The van der Waals surface area contributed by atoms with Crippen LogP contribution in [0, 0.1) is 0 Å². The minimum atomic E-state index is 0.0435. The summed E-state index contributed by atoms with van der Waals surface area (Å²) in [4.78, 5) is 10.2. The zero-order valence-electron chi connectivity index (χ0n) is 21.3. The molecule has 3 nitrogen and oxygen atoms in total. The van der Waals surface area contributed by atoms with Gasteiger partial charge in [-0.2, -0.15) is 0 Å². The quantitative estimate of drug-likeness (QED) is 0.313. The second-order valence-electron chi connectivity index (χ2n) is 10.1. The Hall–Kier alpha value is -4.50. The minimum absolute atomic E-state index is 0.0435. The molecule has 0 saturated carbocycles. The van der Waals surface area contributed by atoms with Gasteiger partial charge in [0.2, 0.25) is 0 Å². The maximum Gasteiger partial charge on any atom is 0.134 e. The lowest BCUT2D eigenvalue weighted by Crippen LogP contribution is -2.31. The fourth-order valence-corrected chi connectivity index (χ4v) is 5.60. The van der Waals surface area contributed by atoms with Crippen molar-refractivity contribution < 1.29 is 0 Å². The van der Waals surface area contributed by atoms with Crippen LogP contribution in [0.2, 0.25) is 0 Å². The Kier molecular flexibility index (Phi) is 5.82. The van der Waals surface area contributed by atoms with Crippen molar-refractivity contribution >= 4 is 22.8 Å². The van der Waals surface area contributed by atoms with Gasteiger partial charge in [0.1, 0.15) is 5.84 Å². The molecule has 0 fully saturated rings. The van der Waals surface area contributed by atoms with Crippen LogP contribution in [0.3, 0.4) is 0 Å². The number of aromatic nitrogens is 1. The van der Waals surface area contributed by atoms with Gasteiger partial charge in [-0.15, -0.1) is 0 Å². The van der Waals surface area contributed by atoms with Crippen molar-refractivity contribution in [1.29, 1.82) is 0 Å². The zero-order chi connectivity index (χ0) is 25.3. The van der Waals surface area contributed by atoms with Gasteiger partial charge in [-0.3, -0.25) is 0 Å². The number of aryl methyl sites for hydroxylation is 1. The number of nitrogens with one attached hydrogen (secondary N) is 1. The summed E-state index contributed by atoms with van der Waals surface area (Å²) in [6.07, 6.45) is 17.5. The minimum Gasteiger partial charge on any atom is -0.359 e. The summed E-state index contributed by atoms with van der Waals surface area (Å²) >= 11 is 0. The molecule has 1 N–H and O–H groups in total. The van der Waals surface area contributed by atoms with Gasteiger partial charge in [0.25, 0.3) is 0 Å². The molecular weight excluding hydrogens is 462 g/mol. The first-order valence-electron chi connectivity index (χ1n) is 13.5. The molecular formula is C35H29N3. The maximum atomic E-state index is 5.13. The van der Waals surface area contributed by atoms with E-state index in [1.165, 1.54) is 27.6 Å². The van der Waals surface area contributed by atoms with E-state index in [0.717, 1.165) is 59.6 Å². The van der Waals surface area contributed by atoms with Gasteiger partial charge < -0.3 is 5.32 Å². The zero-order valence-corrected chi connectivity index (χ0v) is 21.3. The molecule has 0 bridgehead atoms. The van der Waals surface area contributed by atoms with Gasteiger partial charge in [-0.05, 0) is 60.1 Å². The predicted molar refractivity (Wildman–Crippen MR) is 158 cm³/mol. The highest BCUT2D eigenvalue weighted by molar-refractivity contribution is 6.00. The fraction of sp³-hybridized carbons (Fsp3) is 0.143. The Bertz CT molecular complexity index is 1670. The van der Waals surface area contributed by atoms with Gasteiger partial charge in [-0.25, -0.2) is 9.98 Å². The van der Waals surface area contributed by atoms with Crippen LogP contribution in [-0.2, 0) is 6.42 Å². The lowest BCUT2D eigenvalue weighted by atomic mass is 9.94. The molecule has 0 radical (unpaired) electrons. The molecule has 184 valence electrons. The van der Waals surface area contributed by atoms with Crippen LogP contribution in [0.4, 0.5) is 0 Å². The summed E-state index contributed by atoms with van der Waals surface area (Å²) in [5.74, 6) is 0.919. The summed E-state index contributed by atoms with van der Waals surface area (Å²) in [5.41, 5.74) is 10.6. The SMILES string of the molecule is C1=CCCC(C2=C[C@@H](c3ccc(-c4ccc5ccc6c(c5n4)CCC=C6)cc3)NC(c3ccccc3)=N2)=C1. The third-order valence-corrected chi connectivity index (χ3v) is 7.67. The van der Waals surface area contributed by atoms with E-state index in [1.807, 2.05) is 6.07 Å². The Balaban J connectivity index is 1.22. The van der Waals surface area contributed by atoms with Crippen LogP contribution in [-0.4, -0.2) is 10.8 Å². The summed E-state index contributed by atoms with van der Waals surface area (Å²) in [6, 6.07) is 28.0. The van der Waals surface area contributed by atoms with Gasteiger partial charge >= 0.3 is 0 Å². The first kappa shape index (κ1) is 22.7. The molecule has 3 heteroatoms. The molecule has 2 aliphatic carbocycles. The van der Waals surface area contributed by atoms with Crippen LogP contribution in [0.5, 0.6) is 0 Å². The second kappa shape index (κ2) is 9.75. The van der Waals surface area contributed by atoms with Crippen molar-refractivity contribution in [3.8, 4) is 11.3 Å². The molecule has 1 aromatic heterocycles. The molecule has 2 heterocycles. The van der Waals surface area contributed by atoms with Crippen molar-refractivity contribution in [3.63, 3.8) is 0 Å². The predicted octanol–water partition coefficient (Wildman–Crippen LogP) is 8.11. The molecule has 0 saturated heterocycles. The Morgan fingerprint density at radius 3 is 2.45 bits per heavy atom. The van der Waals surface area contributed by atoms with Crippen molar-refractivity contribution in [2.45, 2.75) is 31.7 Å². The van der Waals surface area contributed by atoms with E-state index in [0.29, 0.717) is 0 Å². The van der Waals surface area contributed by atoms with Gasteiger partial charge in [0.15, 0.2) is 0 Å². The Morgan fingerprint density at radius 1 is 0.763 bits per heavy atom. The van der Waals surface area contributed by atoms with Crippen molar-refractivity contribution in [2.75, 3.05) is 0 Å². The van der Waals surface area contributed by atoms with Crippen LogP contribution >= 0.6 is 0 Å². The molecule has 0 unspecified atom stereocenters. The van der Waals surface area contributed by atoms with Crippen LogP contribution in [0.15, 0.2) is 126 Å². The van der Waals surface area contributed by atoms with E-state index in [2.05, 4.69) is 115 Å². The van der Waals surface area contributed by atoms with Crippen molar-refractivity contribution in [2.24, 2.45) is 4.99 Å². The molecule has 38 heavy (non-hydrogen) atoms. The molecule has 4 aromatic rings. The standard InChI is InChI=1S/C35H29N3/c1-3-10-25(11-4-1)32-23-33(38-35(37-32)29-12-5-2-6-13-29)27-18-16-26(17-19-27)31-22-21-28-20-15-24-9-7-8-14-30(24)34(28)36-31/h1-3,5-7,9-10,12-13,15-23,33H,4,8,11,14H2,(H,37,38)/t33-/m0/s1. The van der Waals surface area contributed by atoms with Crippen LogP contribution in [0.25, 0.3) is 28.2 Å². The second-order valence-corrected chi connectivity index (χ2v) is 10.1. The summed E-state index contributed by atoms with van der Waals surface area (Å²) < 4.78 is 0. The molecule has 0 amide bonds. The summed E-state index contributed by atoms with van der Waals surface area (Å²) in [5, 5.41) is 4.89. The third-order valence-electron chi connectivity index (χ3n) is 7.67. The molecule has 7 rings (SSSR count). The normalized spacial score (nSPS) is 18.3.